The highest BCUT2D eigenvalue weighted by Crippen LogP contribution is 2.35. The van der Waals surface area contributed by atoms with Crippen LogP contribution in [0.15, 0.2) is 84.4 Å². The molecule has 0 radical (unpaired) electrons. The highest BCUT2D eigenvalue weighted by molar-refractivity contribution is 5.84. The van der Waals surface area contributed by atoms with Crippen molar-refractivity contribution in [2.75, 3.05) is 11.4 Å². The summed E-state index contributed by atoms with van der Waals surface area (Å²) >= 11 is 0. The van der Waals surface area contributed by atoms with Crippen LogP contribution in [0.5, 0.6) is 0 Å². The molecular formula is C31H28F3N3O. The molecule has 0 saturated heterocycles. The number of ketones is 1. The van der Waals surface area contributed by atoms with Gasteiger partial charge < -0.3 is 4.90 Å². The quantitative estimate of drug-likeness (QED) is 0.352. The Morgan fingerprint density at radius 2 is 2.00 bits per heavy atom. The molecule has 194 valence electrons. The lowest BCUT2D eigenvalue weighted by molar-refractivity contribution is -0.137. The molecule has 1 aliphatic heterocycles. The van der Waals surface area contributed by atoms with E-state index < -0.39 is 11.7 Å². The summed E-state index contributed by atoms with van der Waals surface area (Å²) in [5.41, 5.74) is 3.79. The number of hydrogen-bond donors (Lipinski definition) is 0. The van der Waals surface area contributed by atoms with Crippen LogP contribution in [0.25, 0.3) is 5.65 Å². The van der Waals surface area contributed by atoms with Gasteiger partial charge in [-0.1, -0.05) is 37.1 Å². The number of aryl methyl sites for hydroxylation is 1. The van der Waals surface area contributed by atoms with E-state index in [-0.39, 0.29) is 30.5 Å². The van der Waals surface area contributed by atoms with Crippen LogP contribution in [0, 0.1) is 23.7 Å². The number of alkyl halides is 3. The monoisotopic (exact) mass is 515 g/mol. The van der Waals surface area contributed by atoms with Crippen molar-refractivity contribution in [3.8, 4) is 11.8 Å². The Balaban J connectivity index is 1.28. The van der Waals surface area contributed by atoms with Gasteiger partial charge in [0.05, 0.1) is 11.8 Å². The summed E-state index contributed by atoms with van der Waals surface area (Å²) in [5, 5.41) is 0. The minimum absolute atomic E-state index is 0.00324. The van der Waals surface area contributed by atoms with E-state index in [4.69, 9.17) is 0 Å². The van der Waals surface area contributed by atoms with Gasteiger partial charge >= 0.3 is 6.18 Å². The van der Waals surface area contributed by atoms with E-state index in [1.54, 1.807) is 12.3 Å². The topological polar surface area (TPSA) is 37.6 Å². The Morgan fingerprint density at radius 1 is 1.16 bits per heavy atom. The fraction of sp³-hybridized carbons (Fsp3) is 0.290. The van der Waals surface area contributed by atoms with Crippen LogP contribution in [0.4, 0.5) is 18.9 Å². The standard InChI is InChI=1S/C31H28F3N3O/c1-21-12-14-36(20-21)28-16-23(15-26(18-28)31(32,33)34)7-11-29(38)25-8-6-22(2)24(17-25)9-10-27-19-35-30-5-3-4-13-37(27)30/h3-6,8,12-16,18-19,21,25H,7,11,17,20H2,1-2H3. The molecule has 3 heterocycles. The van der Waals surface area contributed by atoms with E-state index in [1.807, 2.05) is 72.0 Å². The second kappa shape index (κ2) is 10.4. The normalized spacial score (nSPS) is 19.2. The zero-order valence-corrected chi connectivity index (χ0v) is 21.3. The molecule has 2 aliphatic rings. The zero-order chi connectivity index (χ0) is 26.9. The number of allylic oxidation sites excluding steroid dienone is 4. The van der Waals surface area contributed by atoms with Crippen molar-refractivity contribution >= 4 is 17.1 Å². The number of carbonyl (C=O) groups excluding carboxylic acids is 1. The summed E-state index contributed by atoms with van der Waals surface area (Å²) in [4.78, 5) is 19.3. The maximum Gasteiger partial charge on any atom is 0.416 e. The Morgan fingerprint density at radius 3 is 2.76 bits per heavy atom. The van der Waals surface area contributed by atoms with E-state index in [9.17, 15) is 18.0 Å². The van der Waals surface area contributed by atoms with Crippen LogP contribution in [-0.2, 0) is 17.4 Å². The Kier molecular flexibility index (Phi) is 6.98. The fourth-order valence-electron chi connectivity index (χ4n) is 4.82. The molecule has 38 heavy (non-hydrogen) atoms. The van der Waals surface area contributed by atoms with Crippen LogP contribution in [0.2, 0.25) is 0 Å². The molecule has 0 saturated carbocycles. The number of Topliss-reactive ketones (excluding diaryl/α,β-unsaturated/α-hetero) is 1. The third-order valence-corrected chi connectivity index (χ3v) is 7.03. The lowest BCUT2D eigenvalue weighted by Crippen LogP contribution is -2.18. The molecule has 0 bridgehead atoms. The number of halogens is 3. The molecule has 5 rings (SSSR count). The molecule has 0 fully saturated rings. The first-order valence-corrected chi connectivity index (χ1v) is 12.7. The van der Waals surface area contributed by atoms with Crippen LogP contribution < -0.4 is 4.90 Å². The van der Waals surface area contributed by atoms with Crippen molar-refractivity contribution in [3.05, 3.63) is 101 Å². The number of imidazole rings is 1. The number of rotatable bonds is 5. The van der Waals surface area contributed by atoms with Crippen LogP contribution >= 0.6 is 0 Å². The zero-order valence-electron chi connectivity index (χ0n) is 21.3. The van der Waals surface area contributed by atoms with Crippen LogP contribution in [-0.4, -0.2) is 21.7 Å². The van der Waals surface area contributed by atoms with Gasteiger partial charge in [-0.15, -0.1) is 0 Å². The molecule has 3 aromatic rings. The lowest BCUT2D eigenvalue weighted by Gasteiger charge is -2.21. The van der Waals surface area contributed by atoms with E-state index >= 15 is 0 Å². The number of carbonyl (C=O) groups is 1. The Labute approximate surface area is 220 Å². The highest BCUT2D eigenvalue weighted by atomic mass is 19.4. The predicted molar refractivity (Wildman–Crippen MR) is 142 cm³/mol. The summed E-state index contributed by atoms with van der Waals surface area (Å²) in [6, 6.07) is 9.84. The SMILES string of the molecule is CC1=C(C#Cc2cnc3ccccn23)CC(C(=O)CCc2cc(N3C=CC(C)C3)cc(C(F)(F)F)c2)C=C1. The first-order chi connectivity index (χ1) is 18.2. The van der Waals surface area contributed by atoms with Crippen molar-refractivity contribution in [2.45, 2.75) is 39.3 Å². The average Bonchev–Trinajstić information content (AvgIpc) is 3.52. The molecule has 0 spiro atoms. The number of nitrogens with zero attached hydrogens (tertiary/aromatic N) is 3. The summed E-state index contributed by atoms with van der Waals surface area (Å²) < 4.78 is 42.7. The van der Waals surface area contributed by atoms with E-state index in [2.05, 4.69) is 16.8 Å². The number of pyridine rings is 1. The summed E-state index contributed by atoms with van der Waals surface area (Å²) in [7, 11) is 0. The molecule has 2 atom stereocenters. The number of fused-ring (bicyclic) bond motifs is 1. The predicted octanol–water partition coefficient (Wildman–Crippen LogP) is 6.77. The Bertz CT molecular complexity index is 1530. The number of anilines is 1. The molecular weight excluding hydrogens is 487 g/mol. The summed E-state index contributed by atoms with van der Waals surface area (Å²) in [5.74, 6) is 6.31. The van der Waals surface area contributed by atoms with Gasteiger partial charge in [-0.25, -0.2) is 4.98 Å². The summed E-state index contributed by atoms with van der Waals surface area (Å²) in [6.07, 6.45) is 7.66. The minimum Gasteiger partial charge on any atom is -0.348 e. The second-order valence-corrected chi connectivity index (χ2v) is 9.98. The van der Waals surface area contributed by atoms with Crippen molar-refractivity contribution in [2.24, 2.45) is 11.8 Å². The number of benzene rings is 1. The first kappa shape index (κ1) is 25.6. The lowest BCUT2D eigenvalue weighted by atomic mass is 9.85. The third-order valence-electron chi connectivity index (χ3n) is 7.03. The van der Waals surface area contributed by atoms with Gasteiger partial charge in [0, 0.05) is 42.5 Å². The van der Waals surface area contributed by atoms with Crippen molar-refractivity contribution in [3.63, 3.8) is 0 Å². The minimum atomic E-state index is -4.45. The largest absolute Gasteiger partial charge is 0.416 e. The fourth-order valence-corrected chi connectivity index (χ4v) is 4.82. The molecule has 0 amide bonds. The highest BCUT2D eigenvalue weighted by Gasteiger charge is 2.32. The second-order valence-electron chi connectivity index (χ2n) is 9.98. The van der Waals surface area contributed by atoms with Gasteiger partial charge in [-0.3, -0.25) is 9.20 Å². The first-order valence-electron chi connectivity index (χ1n) is 12.7. The maximum atomic E-state index is 13.6. The van der Waals surface area contributed by atoms with E-state index in [1.165, 1.54) is 6.07 Å². The van der Waals surface area contributed by atoms with Crippen molar-refractivity contribution in [1.29, 1.82) is 0 Å². The summed E-state index contributed by atoms with van der Waals surface area (Å²) in [6.45, 7) is 4.62. The molecule has 4 nitrogen and oxygen atoms in total. The molecule has 1 aliphatic carbocycles. The van der Waals surface area contributed by atoms with Crippen LogP contribution in [0.3, 0.4) is 0 Å². The maximum absolute atomic E-state index is 13.6. The number of hydrogen-bond acceptors (Lipinski definition) is 3. The average molecular weight is 516 g/mol. The molecule has 0 N–H and O–H groups in total. The van der Waals surface area contributed by atoms with Crippen molar-refractivity contribution in [1.82, 2.24) is 9.38 Å². The Hall–Kier alpha value is -4.05. The van der Waals surface area contributed by atoms with Crippen molar-refractivity contribution < 1.29 is 18.0 Å². The molecule has 7 heteroatoms. The van der Waals surface area contributed by atoms with Gasteiger partial charge in [0.25, 0.3) is 0 Å². The van der Waals surface area contributed by atoms with Gasteiger partial charge in [0.15, 0.2) is 0 Å². The van der Waals surface area contributed by atoms with Gasteiger partial charge in [0.1, 0.15) is 17.1 Å². The smallest absolute Gasteiger partial charge is 0.348 e. The molecule has 1 aromatic carbocycles. The van der Waals surface area contributed by atoms with E-state index in [0.29, 0.717) is 24.2 Å². The van der Waals surface area contributed by atoms with Crippen LogP contribution in [0.1, 0.15) is 43.5 Å². The molecule has 2 aromatic heterocycles. The number of aromatic nitrogens is 2. The van der Waals surface area contributed by atoms with Gasteiger partial charge in [-0.2, -0.15) is 13.2 Å². The molecule has 2 unspecified atom stereocenters. The third kappa shape index (κ3) is 5.60. The van der Waals surface area contributed by atoms with Gasteiger partial charge in [0.2, 0.25) is 0 Å². The van der Waals surface area contributed by atoms with Gasteiger partial charge in [-0.05, 0) is 73.1 Å². The van der Waals surface area contributed by atoms with E-state index in [0.717, 1.165) is 28.6 Å².